The molecule has 1 aliphatic heterocycles. The van der Waals surface area contributed by atoms with Crippen LogP contribution in [0.1, 0.15) is 5.56 Å². The maximum absolute atomic E-state index is 4.47. The highest BCUT2D eigenvalue weighted by atomic mass is 15.2. The van der Waals surface area contributed by atoms with E-state index in [1.807, 2.05) is 24.4 Å². The lowest BCUT2D eigenvalue weighted by Crippen LogP contribution is -2.14. The first-order chi connectivity index (χ1) is 10.4. The van der Waals surface area contributed by atoms with E-state index >= 15 is 0 Å². The van der Waals surface area contributed by atoms with Gasteiger partial charge in [-0.3, -0.25) is 9.97 Å². The summed E-state index contributed by atoms with van der Waals surface area (Å²) in [4.78, 5) is 19.4. The van der Waals surface area contributed by atoms with Gasteiger partial charge in [0.15, 0.2) is 0 Å². The van der Waals surface area contributed by atoms with E-state index in [2.05, 4.69) is 30.9 Å². The standard InChI is InChI=1S/C16H13N5/c1-2-13(10-18-6-1)21-9-5-14-15(19-11-20-16(14)21)12-3-7-17-8-4-12/h1-4,6-8,10-11H,5,9H2. The second-order valence-electron chi connectivity index (χ2n) is 4.87. The lowest BCUT2D eigenvalue weighted by Gasteiger charge is -2.17. The van der Waals surface area contributed by atoms with E-state index in [1.54, 1.807) is 24.9 Å². The molecule has 0 aromatic carbocycles. The minimum absolute atomic E-state index is 0.901. The summed E-state index contributed by atoms with van der Waals surface area (Å²) < 4.78 is 0. The number of aromatic nitrogens is 4. The van der Waals surface area contributed by atoms with Gasteiger partial charge in [0, 0.05) is 36.3 Å². The van der Waals surface area contributed by atoms with Crippen LogP contribution in [0.4, 0.5) is 11.5 Å². The Morgan fingerprint density at radius 1 is 0.952 bits per heavy atom. The van der Waals surface area contributed by atoms with Gasteiger partial charge in [0.1, 0.15) is 12.1 Å². The molecule has 1 aliphatic rings. The molecule has 0 spiro atoms. The minimum atomic E-state index is 0.901. The van der Waals surface area contributed by atoms with Gasteiger partial charge >= 0.3 is 0 Å². The molecule has 102 valence electrons. The van der Waals surface area contributed by atoms with Crippen LogP contribution < -0.4 is 4.90 Å². The topological polar surface area (TPSA) is 54.8 Å². The summed E-state index contributed by atoms with van der Waals surface area (Å²) in [6.45, 7) is 0.901. The van der Waals surface area contributed by atoms with Crippen LogP contribution in [0.15, 0.2) is 55.4 Å². The van der Waals surface area contributed by atoms with Crippen LogP contribution in [0.3, 0.4) is 0 Å². The van der Waals surface area contributed by atoms with Gasteiger partial charge in [-0.2, -0.15) is 0 Å². The Morgan fingerprint density at radius 2 is 1.86 bits per heavy atom. The quantitative estimate of drug-likeness (QED) is 0.719. The van der Waals surface area contributed by atoms with E-state index in [0.29, 0.717) is 0 Å². The van der Waals surface area contributed by atoms with Crippen LogP contribution in [-0.2, 0) is 6.42 Å². The van der Waals surface area contributed by atoms with Gasteiger partial charge in [-0.1, -0.05) is 0 Å². The zero-order valence-electron chi connectivity index (χ0n) is 11.3. The van der Waals surface area contributed by atoms with E-state index in [-0.39, 0.29) is 0 Å². The fourth-order valence-electron chi connectivity index (χ4n) is 2.72. The van der Waals surface area contributed by atoms with Crippen LogP contribution in [0, 0.1) is 0 Å². The van der Waals surface area contributed by atoms with Crippen molar-refractivity contribution in [1.29, 1.82) is 0 Å². The predicted molar refractivity (Wildman–Crippen MR) is 80.2 cm³/mol. The van der Waals surface area contributed by atoms with Crippen molar-refractivity contribution in [2.75, 3.05) is 11.4 Å². The van der Waals surface area contributed by atoms with Crippen molar-refractivity contribution in [3.05, 3.63) is 60.9 Å². The number of fused-ring (bicyclic) bond motifs is 1. The van der Waals surface area contributed by atoms with E-state index in [4.69, 9.17) is 0 Å². The third-order valence-corrected chi connectivity index (χ3v) is 3.68. The first-order valence-electron chi connectivity index (χ1n) is 6.85. The van der Waals surface area contributed by atoms with Crippen LogP contribution in [-0.4, -0.2) is 26.5 Å². The van der Waals surface area contributed by atoms with Crippen LogP contribution >= 0.6 is 0 Å². The molecule has 0 N–H and O–H groups in total. The fraction of sp³-hybridized carbons (Fsp3) is 0.125. The molecule has 0 bridgehead atoms. The second-order valence-corrected chi connectivity index (χ2v) is 4.87. The van der Waals surface area contributed by atoms with Crippen molar-refractivity contribution in [3.63, 3.8) is 0 Å². The SMILES string of the molecule is c1cncc(N2CCc3c(-c4ccncc4)ncnc32)c1. The van der Waals surface area contributed by atoms with Crippen molar-refractivity contribution < 1.29 is 0 Å². The molecule has 5 heteroatoms. The number of rotatable bonds is 2. The Kier molecular flexibility index (Phi) is 2.81. The van der Waals surface area contributed by atoms with Crippen molar-refractivity contribution in [1.82, 2.24) is 19.9 Å². The smallest absolute Gasteiger partial charge is 0.140 e. The summed E-state index contributed by atoms with van der Waals surface area (Å²) in [5.41, 5.74) is 4.33. The first kappa shape index (κ1) is 12.0. The molecular formula is C16H13N5. The lowest BCUT2D eigenvalue weighted by molar-refractivity contribution is 0.985. The Morgan fingerprint density at radius 3 is 2.67 bits per heavy atom. The van der Waals surface area contributed by atoms with Crippen molar-refractivity contribution in [2.45, 2.75) is 6.42 Å². The molecule has 0 fully saturated rings. The minimum Gasteiger partial charge on any atom is -0.324 e. The molecule has 3 aromatic rings. The average molecular weight is 275 g/mol. The summed E-state index contributed by atoms with van der Waals surface area (Å²) in [6.07, 6.45) is 9.79. The molecule has 0 saturated carbocycles. The maximum atomic E-state index is 4.47. The predicted octanol–water partition coefficient (Wildman–Crippen LogP) is 2.63. The number of pyridine rings is 2. The highest BCUT2D eigenvalue weighted by molar-refractivity contribution is 5.74. The van der Waals surface area contributed by atoms with Crippen LogP contribution in [0.5, 0.6) is 0 Å². The molecule has 0 amide bonds. The first-order valence-corrected chi connectivity index (χ1v) is 6.85. The van der Waals surface area contributed by atoms with Gasteiger partial charge in [-0.25, -0.2) is 9.97 Å². The fourth-order valence-corrected chi connectivity index (χ4v) is 2.72. The summed E-state index contributed by atoms with van der Waals surface area (Å²) in [6, 6.07) is 7.96. The van der Waals surface area contributed by atoms with Crippen molar-refractivity contribution in [2.24, 2.45) is 0 Å². The molecule has 0 radical (unpaired) electrons. The maximum Gasteiger partial charge on any atom is 0.140 e. The molecule has 5 nitrogen and oxygen atoms in total. The molecule has 21 heavy (non-hydrogen) atoms. The second kappa shape index (κ2) is 4.94. The molecular weight excluding hydrogens is 262 g/mol. The van der Waals surface area contributed by atoms with Gasteiger partial charge in [-0.15, -0.1) is 0 Å². The normalized spacial score (nSPS) is 13.2. The highest BCUT2D eigenvalue weighted by Crippen LogP contribution is 2.36. The third kappa shape index (κ3) is 2.03. The lowest BCUT2D eigenvalue weighted by atomic mass is 10.1. The average Bonchev–Trinajstić information content (AvgIpc) is 3.00. The summed E-state index contributed by atoms with van der Waals surface area (Å²) >= 11 is 0. The van der Waals surface area contributed by atoms with Gasteiger partial charge in [0.05, 0.1) is 17.6 Å². The zero-order valence-corrected chi connectivity index (χ0v) is 11.3. The van der Waals surface area contributed by atoms with Crippen molar-refractivity contribution in [3.8, 4) is 11.3 Å². The largest absolute Gasteiger partial charge is 0.324 e. The molecule has 0 saturated heterocycles. The Hall–Kier alpha value is -2.82. The number of hydrogen-bond acceptors (Lipinski definition) is 5. The highest BCUT2D eigenvalue weighted by Gasteiger charge is 2.25. The monoisotopic (exact) mass is 275 g/mol. The summed E-state index contributed by atoms with van der Waals surface area (Å²) in [5.74, 6) is 0.977. The molecule has 0 aliphatic carbocycles. The van der Waals surface area contributed by atoms with E-state index < -0.39 is 0 Å². The Balaban J connectivity index is 1.81. The number of anilines is 2. The summed E-state index contributed by atoms with van der Waals surface area (Å²) in [7, 11) is 0. The Bertz CT molecular complexity index is 758. The van der Waals surface area contributed by atoms with Gasteiger partial charge in [0.25, 0.3) is 0 Å². The van der Waals surface area contributed by atoms with Gasteiger partial charge < -0.3 is 4.90 Å². The zero-order chi connectivity index (χ0) is 14.1. The molecule has 0 atom stereocenters. The van der Waals surface area contributed by atoms with Crippen LogP contribution in [0.25, 0.3) is 11.3 Å². The van der Waals surface area contributed by atoms with E-state index in [0.717, 1.165) is 35.7 Å². The molecule has 3 aromatic heterocycles. The van der Waals surface area contributed by atoms with Gasteiger partial charge in [-0.05, 0) is 30.7 Å². The van der Waals surface area contributed by atoms with Crippen molar-refractivity contribution >= 4 is 11.5 Å². The molecule has 4 rings (SSSR count). The van der Waals surface area contributed by atoms with Gasteiger partial charge in [0.2, 0.25) is 0 Å². The third-order valence-electron chi connectivity index (χ3n) is 3.68. The summed E-state index contributed by atoms with van der Waals surface area (Å²) in [5, 5.41) is 0. The number of hydrogen-bond donors (Lipinski definition) is 0. The van der Waals surface area contributed by atoms with E-state index in [9.17, 15) is 0 Å². The molecule has 0 unspecified atom stereocenters. The molecule has 4 heterocycles. The van der Waals surface area contributed by atoms with Crippen LogP contribution in [0.2, 0.25) is 0 Å². The van der Waals surface area contributed by atoms with E-state index in [1.165, 1.54) is 5.56 Å². The number of nitrogens with zero attached hydrogens (tertiary/aromatic N) is 5. The Labute approximate surface area is 122 Å².